The van der Waals surface area contributed by atoms with Gasteiger partial charge in [-0.25, -0.2) is 0 Å². The van der Waals surface area contributed by atoms with E-state index in [0.717, 1.165) is 29.8 Å². The summed E-state index contributed by atoms with van der Waals surface area (Å²) >= 11 is 0. The molecule has 0 atom stereocenters. The summed E-state index contributed by atoms with van der Waals surface area (Å²) in [6.07, 6.45) is 2.61. The summed E-state index contributed by atoms with van der Waals surface area (Å²) in [6.45, 7) is 4.90. The maximum Gasteiger partial charge on any atom is 0.272 e. The number of carbonyl (C=O) groups is 1. The smallest absolute Gasteiger partial charge is 0.272 e. The molecular formula is C17H18N2O2. The molecule has 0 fully saturated rings. The van der Waals surface area contributed by atoms with E-state index in [4.69, 9.17) is 4.42 Å². The molecule has 1 N–H and O–H groups in total. The van der Waals surface area contributed by atoms with E-state index in [0.29, 0.717) is 5.69 Å². The Balaban J connectivity index is 1.91. The lowest BCUT2D eigenvalue weighted by Gasteiger charge is -2.09. The van der Waals surface area contributed by atoms with Gasteiger partial charge in [0.15, 0.2) is 5.58 Å². The van der Waals surface area contributed by atoms with Crippen molar-refractivity contribution in [1.82, 2.24) is 4.57 Å². The Labute approximate surface area is 123 Å². The van der Waals surface area contributed by atoms with Crippen molar-refractivity contribution >= 4 is 22.7 Å². The molecule has 1 amide bonds. The van der Waals surface area contributed by atoms with Gasteiger partial charge in [0.2, 0.25) is 0 Å². The number of furan rings is 1. The number of rotatable bonds is 4. The van der Waals surface area contributed by atoms with Crippen LogP contribution >= 0.6 is 0 Å². The van der Waals surface area contributed by atoms with Gasteiger partial charge in [-0.1, -0.05) is 24.6 Å². The van der Waals surface area contributed by atoms with Gasteiger partial charge in [0.1, 0.15) is 5.69 Å². The van der Waals surface area contributed by atoms with Gasteiger partial charge in [-0.3, -0.25) is 4.79 Å². The van der Waals surface area contributed by atoms with Gasteiger partial charge in [-0.2, -0.15) is 0 Å². The summed E-state index contributed by atoms with van der Waals surface area (Å²) in [5.74, 6) is -0.112. The molecule has 3 rings (SSSR count). The van der Waals surface area contributed by atoms with Crippen molar-refractivity contribution in [1.29, 1.82) is 0 Å². The fraction of sp³-hybridized carbons (Fsp3) is 0.235. The van der Waals surface area contributed by atoms with Gasteiger partial charge in [0.05, 0.1) is 11.8 Å². The number of hydrogen-bond acceptors (Lipinski definition) is 2. The molecule has 0 aliphatic heterocycles. The molecule has 0 bridgehead atoms. The molecule has 21 heavy (non-hydrogen) atoms. The highest BCUT2D eigenvalue weighted by molar-refractivity contribution is 6.05. The molecule has 3 aromatic rings. The van der Waals surface area contributed by atoms with Crippen LogP contribution in [0, 0.1) is 6.92 Å². The van der Waals surface area contributed by atoms with Crippen molar-refractivity contribution in [2.75, 3.05) is 5.32 Å². The second-order valence-electron chi connectivity index (χ2n) is 5.17. The molecule has 0 spiro atoms. The van der Waals surface area contributed by atoms with Crippen molar-refractivity contribution in [2.45, 2.75) is 26.8 Å². The molecule has 2 aromatic heterocycles. The normalized spacial score (nSPS) is 11.0. The van der Waals surface area contributed by atoms with Crippen LogP contribution in [0.2, 0.25) is 0 Å². The Hall–Kier alpha value is -2.49. The highest BCUT2D eigenvalue weighted by Gasteiger charge is 2.17. The second-order valence-corrected chi connectivity index (χ2v) is 5.17. The third-order valence-corrected chi connectivity index (χ3v) is 3.51. The number of nitrogens with one attached hydrogen (secondary N) is 1. The lowest BCUT2D eigenvalue weighted by molar-refractivity contribution is 0.101. The number of nitrogens with zero attached hydrogens (tertiary/aromatic N) is 1. The van der Waals surface area contributed by atoms with Gasteiger partial charge in [0.25, 0.3) is 5.91 Å². The van der Waals surface area contributed by atoms with Crippen LogP contribution in [0.3, 0.4) is 0 Å². The van der Waals surface area contributed by atoms with Crippen LogP contribution in [0.15, 0.2) is 47.1 Å². The van der Waals surface area contributed by atoms with E-state index in [9.17, 15) is 4.79 Å². The van der Waals surface area contributed by atoms with E-state index in [1.807, 2.05) is 41.8 Å². The Kier molecular flexibility index (Phi) is 3.52. The predicted octanol–water partition coefficient (Wildman–Crippen LogP) is 4.21. The summed E-state index contributed by atoms with van der Waals surface area (Å²) < 4.78 is 7.40. The first kappa shape index (κ1) is 13.5. The molecule has 0 unspecified atom stereocenters. The van der Waals surface area contributed by atoms with Crippen LogP contribution in [0.1, 0.15) is 29.4 Å². The quantitative estimate of drug-likeness (QED) is 0.779. The summed E-state index contributed by atoms with van der Waals surface area (Å²) in [5.41, 5.74) is 4.31. The maximum absolute atomic E-state index is 12.5. The minimum atomic E-state index is -0.112. The molecule has 0 saturated carbocycles. The molecule has 1 aromatic carbocycles. The van der Waals surface area contributed by atoms with Crippen LogP contribution in [-0.2, 0) is 6.54 Å². The number of aryl methyl sites for hydroxylation is 2. The van der Waals surface area contributed by atoms with Gasteiger partial charge < -0.3 is 14.3 Å². The number of benzene rings is 1. The molecule has 0 aliphatic carbocycles. The number of fused-ring (bicyclic) bond motifs is 1. The minimum Gasteiger partial charge on any atom is -0.463 e. The summed E-state index contributed by atoms with van der Waals surface area (Å²) in [6, 6.07) is 11.5. The third-order valence-electron chi connectivity index (χ3n) is 3.51. The highest BCUT2D eigenvalue weighted by Crippen LogP contribution is 2.22. The molecule has 2 heterocycles. The minimum absolute atomic E-state index is 0.112. The first-order valence-electron chi connectivity index (χ1n) is 7.14. The molecule has 0 aliphatic rings. The first-order valence-corrected chi connectivity index (χ1v) is 7.14. The average molecular weight is 282 g/mol. The molecule has 0 saturated heterocycles. The van der Waals surface area contributed by atoms with E-state index < -0.39 is 0 Å². The summed E-state index contributed by atoms with van der Waals surface area (Å²) in [7, 11) is 0. The first-order chi connectivity index (χ1) is 10.2. The second kappa shape index (κ2) is 5.48. The zero-order valence-electron chi connectivity index (χ0n) is 12.2. The van der Waals surface area contributed by atoms with Crippen molar-refractivity contribution in [2.24, 2.45) is 0 Å². The molecule has 4 heteroatoms. The van der Waals surface area contributed by atoms with Crippen molar-refractivity contribution in [3.05, 3.63) is 53.9 Å². The highest BCUT2D eigenvalue weighted by atomic mass is 16.3. The van der Waals surface area contributed by atoms with Gasteiger partial charge in [-0.15, -0.1) is 0 Å². The lowest BCUT2D eigenvalue weighted by atomic mass is 10.2. The average Bonchev–Trinajstić information content (AvgIpc) is 3.04. The number of anilines is 1. The van der Waals surface area contributed by atoms with E-state index in [2.05, 4.69) is 12.2 Å². The van der Waals surface area contributed by atoms with Gasteiger partial charge in [-0.05, 0) is 25.5 Å². The van der Waals surface area contributed by atoms with Crippen LogP contribution in [-0.4, -0.2) is 10.5 Å². The number of aromatic nitrogens is 1. The summed E-state index contributed by atoms with van der Waals surface area (Å²) in [4.78, 5) is 12.5. The molecule has 108 valence electrons. The van der Waals surface area contributed by atoms with Crippen molar-refractivity contribution in [3.8, 4) is 0 Å². The number of amides is 1. The fourth-order valence-electron chi connectivity index (χ4n) is 2.46. The Morgan fingerprint density at radius 3 is 2.71 bits per heavy atom. The molecular weight excluding hydrogens is 264 g/mol. The monoisotopic (exact) mass is 282 g/mol. The zero-order valence-corrected chi connectivity index (χ0v) is 12.2. The predicted molar refractivity (Wildman–Crippen MR) is 83.6 cm³/mol. The Morgan fingerprint density at radius 2 is 2.00 bits per heavy atom. The standard InChI is InChI=1S/C17H18N2O2/c1-3-9-19-14-8-10-21-16(14)11-15(19)17(20)18-13-6-4-12(2)5-7-13/h4-8,10-11H,3,9H2,1-2H3,(H,18,20). The van der Waals surface area contributed by atoms with Crippen molar-refractivity contribution in [3.63, 3.8) is 0 Å². The van der Waals surface area contributed by atoms with E-state index in [1.54, 1.807) is 12.3 Å². The number of hydrogen-bond donors (Lipinski definition) is 1. The van der Waals surface area contributed by atoms with E-state index in [1.165, 1.54) is 5.56 Å². The van der Waals surface area contributed by atoms with Crippen LogP contribution in [0.25, 0.3) is 11.1 Å². The van der Waals surface area contributed by atoms with Crippen LogP contribution in [0.5, 0.6) is 0 Å². The van der Waals surface area contributed by atoms with Crippen molar-refractivity contribution < 1.29 is 9.21 Å². The summed E-state index contributed by atoms with van der Waals surface area (Å²) in [5, 5.41) is 2.93. The van der Waals surface area contributed by atoms with E-state index >= 15 is 0 Å². The topological polar surface area (TPSA) is 47.2 Å². The SMILES string of the molecule is CCCn1c(C(=O)Nc2ccc(C)cc2)cc2occc21. The zero-order chi connectivity index (χ0) is 14.8. The molecule has 0 radical (unpaired) electrons. The van der Waals surface area contributed by atoms with Gasteiger partial charge in [0, 0.05) is 24.4 Å². The Bertz CT molecular complexity index is 766. The third kappa shape index (κ3) is 2.57. The lowest BCUT2D eigenvalue weighted by Crippen LogP contribution is -2.17. The fourth-order valence-corrected chi connectivity index (χ4v) is 2.46. The van der Waals surface area contributed by atoms with Crippen LogP contribution < -0.4 is 5.32 Å². The number of carbonyl (C=O) groups excluding carboxylic acids is 1. The van der Waals surface area contributed by atoms with Crippen LogP contribution in [0.4, 0.5) is 5.69 Å². The maximum atomic E-state index is 12.5. The van der Waals surface area contributed by atoms with E-state index in [-0.39, 0.29) is 5.91 Å². The molecule has 4 nitrogen and oxygen atoms in total. The Morgan fingerprint density at radius 1 is 1.24 bits per heavy atom. The van der Waals surface area contributed by atoms with Gasteiger partial charge >= 0.3 is 0 Å². The largest absolute Gasteiger partial charge is 0.463 e.